The molecule has 0 unspecified atom stereocenters. The van der Waals surface area contributed by atoms with Crippen molar-refractivity contribution < 1.29 is 4.79 Å². The summed E-state index contributed by atoms with van der Waals surface area (Å²) in [6.45, 7) is 5.15. The summed E-state index contributed by atoms with van der Waals surface area (Å²) in [5.74, 6) is 0.874. The summed E-state index contributed by atoms with van der Waals surface area (Å²) in [6, 6.07) is 6.41. The number of halogens is 1. The Kier molecular flexibility index (Phi) is 4.65. The van der Waals surface area contributed by atoms with Crippen LogP contribution in [0.25, 0.3) is 0 Å². The van der Waals surface area contributed by atoms with Crippen molar-refractivity contribution in [2.24, 2.45) is 5.92 Å². The Morgan fingerprint density at radius 2 is 2.00 bits per heavy atom. The summed E-state index contributed by atoms with van der Waals surface area (Å²) in [5.41, 5.74) is 1.95. The van der Waals surface area contributed by atoms with Gasteiger partial charge in [-0.2, -0.15) is 0 Å². The van der Waals surface area contributed by atoms with Crippen molar-refractivity contribution in [2.75, 3.05) is 19.6 Å². The number of amides is 1. The molecule has 1 aromatic rings. The molecule has 114 valence electrons. The third-order valence-corrected chi connectivity index (χ3v) is 5.46. The van der Waals surface area contributed by atoms with Crippen LogP contribution in [0.5, 0.6) is 0 Å². The highest BCUT2D eigenvalue weighted by Gasteiger charge is 2.34. The lowest BCUT2D eigenvalue weighted by Crippen LogP contribution is -2.40. The van der Waals surface area contributed by atoms with Crippen LogP contribution in [0.15, 0.2) is 22.7 Å². The molecule has 1 saturated heterocycles. The molecule has 1 amide bonds. The molecule has 0 aromatic heterocycles. The molecule has 1 heterocycles. The predicted molar refractivity (Wildman–Crippen MR) is 88.5 cm³/mol. The average molecular weight is 351 g/mol. The zero-order chi connectivity index (χ0) is 14.8. The highest BCUT2D eigenvalue weighted by molar-refractivity contribution is 9.10. The van der Waals surface area contributed by atoms with E-state index in [0.717, 1.165) is 35.2 Å². The van der Waals surface area contributed by atoms with Crippen LogP contribution in [-0.4, -0.2) is 36.5 Å². The molecule has 1 saturated carbocycles. The Labute approximate surface area is 135 Å². The van der Waals surface area contributed by atoms with Gasteiger partial charge in [-0.15, -0.1) is 0 Å². The molecule has 0 bridgehead atoms. The molecule has 0 radical (unpaired) electrons. The molecular formula is C17H23BrN2O. The number of nitrogens with one attached hydrogen (secondary N) is 1. The third-order valence-electron chi connectivity index (χ3n) is 4.57. The number of hydrogen-bond acceptors (Lipinski definition) is 2. The molecule has 3 rings (SSSR count). The van der Waals surface area contributed by atoms with E-state index in [1.54, 1.807) is 0 Å². The van der Waals surface area contributed by atoms with Gasteiger partial charge >= 0.3 is 0 Å². The summed E-state index contributed by atoms with van der Waals surface area (Å²) in [5, 5.41) is 3.40. The van der Waals surface area contributed by atoms with E-state index in [1.807, 2.05) is 25.1 Å². The van der Waals surface area contributed by atoms with E-state index >= 15 is 0 Å². The fourth-order valence-electron chi connectivity index (χ4n) is 3.07. The summed E-state index contributed by atoms with van der Waals surface area (Å²) in [6.07, 6.45) is 4.73. The summed E-state index contributed by atoms with van der Waals surface area (Å²) < 4.78 is 1.07. The van der Waals surface area contributed by atoms with Crippen molar-refractivity contribution in [3.8, 4) is 0 Å². The van der Waals surface area contributed by atoms with E-state index < -0.39 is 0 Å². The van der Waals surface area contributed by atoms with Crippen LogP contribution in [0, 0.1) is 12.8 Å². The van der Waals surface area contributed by atoms with Gasteiger partial charge in [0.05, 0.1) is 0 Å². The normalized spacial score (nSPS) is 19.5. The first-order valence-electron chi connectivity index (χ1n) is 7.93. The topological polar surface area (TPSA) is 32.3 Å². The molecule has 21 heavy (non-hydrogen) atoms. The lowest BCUT2D eigenvalue weighted by Gasteiger charge is -2.30. The minimum Gasteiger partial charge on any atom is -0.335 e. The molecule has 0 spiro atoms. The smallest absolute Gasteiger partial charge is 0.254 e. The van der Waals surface area contributed by atoms with E-state index in [4.69, 9.17) is 0 Å². The molecule has 2 aliphatic rings. The number of nitrogens with zero attached hydrogens (tertiary/aromatic N) is 1. The van der Waals surface area contributed by atoms with E-state index in [1.165, 1.54) is 25.7 Å². The average Bonchev–Trinajstić information content (AvgIpc) is 3.33. The van der Waals surface area contributed by atoms with E-state index in [-0.39, 0.29) is 5.91 Å². The molecule has 1 aromatic carbocycles. The van der Waals surface area contributed by atoms with Gasteiger partial charge in [0.1, 0.15) is 0 Å². The van der Waals surface area contributed by atoms with Gasteiger partial charge in [0.25, 0.3) is 5.91 Å². The maximum Gasteiger partial charge on any atom is 0.254 e. The second kappa shape index (κ2) is 6.49. The Balaban J connectivity index is 1.73. The molecule has 1 aliphatic heterocycles. The number of carbonyl (C=O) groups excluding carboxylic acids is 1. The van der Waals surface area contributed by atoms with Crippen molar-refractivity contribution in [3.63, 3.8) is 0 Å². The highest BCUT2D eigenvalue weighted by atomic mass is 79.9. The first-order valence-corrected chi connectivity index (χ1v) is 8.72. The molecular weight excluding hydrogens is 328 g/mol. The van der Waals surface area contributed by atoms with Crippen molar-refractivity contribution in [2.45, 2.75) is 38.6 Å². The number of piperidine rings is 1. The summed E-state index contributed by atoms with van der Waals surface area (Å²) in [4.78, 5) is 15.0. The minimum absolute atomic E-state index is 0.214. The van der Waals surface area contributed by atoms with E-state index in [2.05, 4.69) is 26.1 Å². The summed E-state index contributed by atoms with van der Waals surface area (Å²) >= 11 is 3.50. The Morgan fingerprint density at radius 3 is 2.62 bits per heavy atom. The van der Waals surface area contributed by atoms with Crippen LogP contribution < -0.4 is 5.32 Å². The number of rotatable bonds is 4. The number of hydrogen-bond donors (Lipinski definition) is 1. The fraction of sp³-hybridized carbons (Fsp3) is 0.588. The number of benzene rings is 1. The van der Waals surface area contributed by atoms with Crippen LogP contribution in [-0.2, 0) is 0 Å². The quantitative estimate of drug-likeness (QED) is 0.902. The molecule has 2 fully saturated rings. The van der Waals surface area contributed by atoms with Crippen molar-refractivity contribution in [1.82, 2.24) is 10.2 Å². The van der Waals surface area contributed by atoms with Crippen LogP contribution in [0.1, 0.15) is 41.6 Å². The maximum atomic E-state index is 12.9. The Morgan fingerprint density at radius 1 is 1.29 bits per heavy atom. The molecule has 0 atom stereocenters. The van der Waals surface area contributed by atoms with Gasteiger partial charge in [0.15, 0.2) is 0 Å². The van der Waals surface area contributed by atoms with E-state index in [9.17, 15) is 4.79 Å². The molecule has 1 N–H and O–H groups in total. The van der Waals surface area contributed by atoms with E-state index in [0.29, 0.717) is 12.0 Å². The Bertz CT molecular complexity index is 522. The second-order valence-electron chi connectivity index (χ2n) is 6.35. The van der Waals surface area contributed by atoms with Gasteiger partial charge in [-0.05, 0) is 75.4 Å². The van der Waals surface area contributed by atoms with Crippen LogP contribution in [0.4, 0.5) is 0 Å². The van der Waals surface area contributed by atoms with Gasteiger partial charge in [0, 0.05) is 22.6 Å². The zero-order valence-corrected chi connectivity index (χ0v) is 14.2. The number of aryl methyl sites for hydroxylation is 1. The minimum atomic E-state index is 0.214. The first-order chi connectivity index (χ1) is 10.1. The lowest BCUT2D eigenvalue weighted by molar-refractivity contribution is 0.0701. The third kappa shape index (κ3) is 3.67. The lowest BCUT2D eigenvalue weighted by atomic mass is 9.97. The van der Waals surface area contributed by atoms with Crippen molar-refractivity contribution in [1.29, 1.82) is 0 Å². The standard InChI is InChI=1S/C17H23BrN2O/c1-12-10-14(2-5-16(12)18)17(21)20(15-3-4-15)11-13-6-8-19-9-7-13/h2,5,10,13,15,19H,3-4,6-9,11H2,1H3. The number of carbonyl (C=O) groups is 1. The van der Waals surface area contributed by atoms with Crippen LogP contribution in [0.3, 0.4) is 0 Å². The van der Waals surface area contributed by atoms with Gasteiger partial charge in [-0.25, -0.2) is 0 Å². The monoisotopic (exact) mass is 350 g/mol. The van der Waals surface area contributed by atoms with Crippen molar-refractivity contribution in [3.05, 3.63) is 33.8 Å². The highest BCUT2D eigenvalue weighted by Crippen LogP contribution is 2.31. The van der Waals surface area contributed by atoms with Gasteiger partial charge in [-0.3, -0.25) is 4.79 Å². The summed E-state index contributed by atoms with van der Waals surface area (Å²) in [7, 11) is 0. The van der Waals surface area contributed by atoms with Gasteiger partial charge in [0.2, 0.25) is 0 Å². The predicted octanol–water partition coefficient (Wildman–Crippen LogP) is 3.36. The molecule has 3 nitrogen and oxygen atoms in total. The Hall–Kier alpha value is -0.870. The van der Waals surface area contributed by atoms with Crippen LogP contribution >= 0.6 is 15.9 Å². The van der Waals surface area contributed by atoms with Crippen LogP contribution in [0.2, 0.25) is 0 Å². The van der Waals surface area contributed by atoms with Gasteiger partial charge < -0.3 is 10.2 Å². The fourth-order valence-corrected chi connectivity index (χ4v) is 3.32. The largest absolute Gasteiger partial charge is 0.335 e. The van der Waals surface area contributed by atoms with Gasteiger partial charge in [-0.1, -0.05) is 15.9 Å². The zero-order valence-electron chi connectivity index (χ0n) is 12.6. The first kappa shape index (κ1) is 15.0. The second-order valence-corrected chi connectivity index (χ2v) is 7.20. The molecule has 1 aliphatic carbocycles. The molecule has 4 heteroatoms. The maximum absolute atomic E-state index is 12.9. The van der Waals surface area contributed by atoms with Crippen molar-refractivity contribution >= 4 is 21.8 Å². The SMILES string of the molecule is Cc1cc(C(=O)N(CC2CCNCC2)C2CC2)ccc1Br.